The Labute approximate surface area is 120 Å². The summed E-state index contributed by atoms with van der Waals surface area (Å²) in [5.74, 6) is -1.32. The molecule has 0 saturated carbocycles. The van der Waals surface area contributed by atoms with Crippen LogP contribution in [0.4, 0.5) is 0 Å². The van der Waals surface area contributed by atoms with Gasteiger partial charge in [-0.2, -0.15) is 0 Å². The Morgan fingerprint density at radius 3 is 3.00 bits per heavy atom. The number of aliphatic carboxylic acids is 1. The fraction of sp³-hybridized carbons (Fsp3) is 0.357. The third-order valence-electron chi connectivity index (χ3n) is 3.60. The SMILES string of the molecule is CCN1C(=O)COC(C(=O)O)C1c1cn2ccccc2n1. The molecule has 1 N–H and O–H groups in total. The average molecular weight is 289 g/mol. The van der Waals surface area contributed by atoms with Crippen molar-refractivity contribution < 1.29 is 19.4 Å². The fourth-order valence-corrected chi connectivity index (χ4v) is 2.64. The van der Waals surface area contributed by atoms with Crippen molar-refractivity contribution in [3.05, 3.63) is 36.3 Å². The van der Waals surface area contributed by atoms with Gasteiger partial charge in [-0.15, -0.1) is 0 Å². The summed E-state index contributed by atoms with van der Waals surface area (Å²) in [5, 5.41) is 9.35. The monoisotopic (exact) mass is 289 g/mol. The van der Waals surface area contributed by atoms with Gasteiger partial charge < -0.3 is 19.1 Å². The number of nitrogens with zero attached hydrogens (tertiary/aromatic N) is 3. The van der Waals surface area contributed by atoms with E-state index in [1.54, 1.807) is 10.6 Å². The van der Waals surface area contributed by atoms with E-state index in [1.807, 2.05) is 31.3 Å². The molecule has 3 heterocycles. The number of likely N-dealkylation sites (N-methyl/N-ethyl adjacent to an activating group) is 1. The van der Waals surface area contributed by atoms with E-state index in [4.69, 9.17) is 4.74 Å². The predicted molar refractivity (Wildman–Crippen MR) is 72.7 cm³/mol. The van der Waals surface area contributed by atoms with Crippen molar-refractivity contribution in [1.82, 2.24) is 14.3 Å². The van der Waals surface area contributed by atoms with Crippen molar-refractivity contribution in [3.8, 4) is 0 Å². The van der Waals surface area contributed by atoms with E-state index >= 15 is 0 Å². The number of ether oxygens (including phenoxy) is 1. The zero-order chi connectivity index (χ0) is 15.0. The normalized spacial score (nSPS) is 22.7. The van der Waals surface area contributed by atoms with E-state index in [0.29, 0.717) is 17.9 Å². The summed E-state index contributed by atoms with van der Waals surface area (Å²) in [4.78, 5) is 29.3. The van der Waals surface area contributed by atoms with Gasteiger partial charge in [0.05, 0.1) is 5.69 Å². The molecule has 2 atom stereocenters. The molecule has 1 aliphatic rings. The minimum atomic E-state index is -1.10. The van der Waals surface area contributed by atoms with Crippen molar-refractivity contribution in [2.75, 3.05) is 13.2 Å². The topological polar surface area (TPSA) is 84.1 Å². The number of fused-ring (bicyclic) bond motifs is 1. The molecule has 21 heavy (non-hydrogen) atoms. The summed E-state index contributed by atoms with van der Waals surface area (Å²) in [6.07, 6.45) is 2.46. The number of carbonyl (C=O) groups is 2. The number of morpholine rings is 1. The van der Waals surface area contributed by atoms with Gasteiger partial charge in [-0.1, -0.05) is 6.07 Å². The third kappa shape index (κ3) is 2.25. The summed E-state index contributed by atoms with van der Waals surface area (Å²) >= 11 is 0. The molecular formula is C14H15N3O4. The van der Waals surface area contributed by atoms with Gasteiger partial charge in [-0.25, -0.2) is 9.78 Å². The molecule has 2 aromatic rings. The molecule has 0 aliphatic carbocycles. The number of carboxylic acid groups (broad SMARTS) is 1. The van der Waals surface area contributed by atoms with Gasteiger partial charge in [0.25, 0.3) is 0 Å². The summed E-state index contributed by atoms with van der Waals surface area (Å²) < 4.78 is 7.00. The Kier molecular flexibility index (Phi) is 3.34. The number of imidazole rings is 1. The third-order valence-corrected chi connectivity index (χ3v) is 3.60. The predicted octanol–water partition coefficient (Wildman–Crippen LogP) is 0.707. The minimum Gasteiger partial charge on any atom is -0.479 e. The number of carboxylic acids is 1. The van der Waals surface area contributed by atoms with Crippen molar-refractivity contribution >= 4 is 17.5 Å². The van der Waals surface area contributed by atoms with Crippen LogP contribution in [0.5, 0.6) is 0 Å². The summed E-state index contributed by atoms with van der Waals surface area (Å²) in [7, 11) is 0. The number of pyridine rings is 1. The molecule has 2 aromatic heterocycles. The second kappa shape index (κ2) is 5.17. The van der Waals surface area contributed by atoms with Crippen LogP contribution < -0.4 is 0 Å². The smallest absolute Gasteiger partial charge is 0.335 e. The van der Waals surface area contributed by atoms with Crippen LogP contribution in [0.2, 0.25) is 0 Å². The van der Waals surface area contributed by atoms with E-state index in [1.165, 1.54) is 4.90 Å². The van der Waals surface area contributed by atoms with Gasteiger partial charge in [-0.3, -0.25) is 4.79 Å². The molecule has 1 amide bonds. The number of hydrogen-bond donors (Lipinski definition) is 1. The molecule has 1 fully saturated rings. The lowest BCUT2D eigenvalue weighted by atomic mass is 10.0. The summed E-state index contributed by atoms with van der Waals surface area (Å²) in [6.45, 7) is 2.00. The van der Waals surface area contributed by atoms with Crippen molar-refractivity contribution in [1.29, 1.82) is 0 Å². The first-order chi connectivity index (χ1) is 10.1. The van der Waals surface area contributed by atoms with E-state index in [9.17, 15) is 14.7 Å². The highest BCUT2D eigenvalue weighted by Gasteiger charge is 2.42. The van der Waals surface area contributed by atoms with E-state index in [0.717, 1.165) is 0 Å². The standard InChI is InChI=1S/C14H15N3O4/c1-2-17-11(18)8-21-13(14(19)20)12(17)9-7-16-6-4-3-5-10(16)15-9/h3-7,12-13H,2,8H2,1H3,(H,19,20). The van der Waals surface area contributed by atoms with Crippen molar-refractivity contribution in [2.45, 2.75) is 19.1 Å². The van der Waals surface area contributed by atoms with Crippen LogP contribution >= 0.6 is 0 Å². The molecule has 7 nitrogen and oxygen atoms in total. The fourth-order valence-electron chi connectivity index (χ4n) is 2.64. The molecular weight excluding hydrogens is 274 g/mol. The molecule has 0 bridgehead atoms. The van der Waals surface area contributed by atoms with E-state index in [2.05, 4.69) is 4.98 Å². The number of aromatic nitrogens is 2. The molecule has 110 valence electrons. The summed E-state index contributed by atoms with van der Waals surface area (Å²) in [5.41, 5.74) is 1.22. The van der Waals surface area contributed by atoms with Crippen LogP contribution in [-0.4, -0.2) is 50.5 Å². The quantitative estimate of drug-likeness (QED) is 0.899. The van der Waals surface area contributed by atoms with Crippen LogP contribution in [-0.2, 0) is 14.3 Å². The Morgan fingerprint density at radius 2 is 2.33 bits per heavy atom. The molecule has 2 unspecified atom stereocenters. The first-order valence-electron chi connectivity index (χ1n) is 6.69. The Bertz CT molecular complexity index is 661. The molecule has 1 aliphatic heterocycles. The number of hydrogen-bond acceptors (Lipinski definition) is 4. The van der Waals surface area contributed by atoms with Crippen molar-refractivity contribution in [2.24, 2.45) is 0 Å². The van der Waals surface area contributed by atoms with Gasteiger partial charge >= 0.3 is 5.97 Å². The number of carbonyl (C=O) groups excluding carboxylic acids is 1. The lowest BCUT2D eigenvalue weighted by molar-refractivity contribution is -0.173. The largest absolute Gasteiger partial charge is 0.479 e. The first kappa shape index (κ1) is 13.6. The van der Waals surface area contributed by atoms with Gasteiger partial charge in [0, 0.05) is 18.9 Å². The summed E-state index contributed by atoms with van der Waals surface area (Å²) in [6, 6.07) is 4.81. The highest BCUT2D eigenvalue weighted by molar-refractivity contribution is 5.82. The van der Waals surface area contributed by atoms with Gasteiger partial charge in [-0.05, 0) is 19.1 Å². The molecule has 7 heteroatoms. The molecule has 0 radical (unpaired) electrons. The van der Waals surface area contributed by atoms with Crippen LogP contribution in [0.1, 0.15) is 18.7 Å². The van der Waals surface area contributed by atoms with Gasteiger partial charge in [0.15, 0.2) is 6.10 Å². The maximum absolute atomic E-state index is 12.0. The van der Waals surface area contributed by atoms with E-state index in [-0.39, 0.29) is 12.5 Å². The van der Waals surface area contributed by atoms with Gasteiger partial charge in [0.1, 0.15) is 18.3 Å². The molecule has 0 spiro atoms. The number of rotatable bonds is 3. The maximum atomic E-state index is 12.0. The lowest BCUT2D eigenvalue weighted by Gasteiger charge is -2.37. The highest BCUT2D eigenvalue weighted by atomic mass is 16.5. The van der Waals surface area contributed by atoms with Crippen molar-refractivity contribution in [3.63, 3.8) is 0 Å². The highest BCUT2D eigenvalue weighted by Crippen LogP contribution is 2.29. The Balaban J connectivity index is 2.08. The Morgan fingerprint density at radius 1 is 1.52 bits per heavy atom. The van der Waals surface area contributed by atoms with Crippen LogP contribution in [0.15, 0.2) is 30.6 Å². The van der Waals surface area contributed by atoms with E-state index < -0.39 is 18.1 Å². The second-order valence-corrected chi connectivity index (χ2v) is 4.83. The molecule has 1 saturated heterocycles. The van der Waals surface area contributed by atoms with Crippen LogP contribution in [0, 0.1) is 0 Å². The van der Waals surface area contributed by atoms with Crippen LogP contribution in [0.25, 0.3) is 5.65 Å². The number of amides is 1. The minimum absolute atomic E-state index is 0.214. The molecule has 3 rings (SSSR count). The second-order valence-electron chi connectivity index (χ2n) is 4.83. The van der Waals surface area contributed by atoms with Crippen LogP contribution in [0.3, 0.4) is 0 Å². The molecule has 0 aromatic carbocycles. The first-order valence-corrected chi connectivity index (χ1v) is 6.69. The maximum Gasteiger partial charge on any atom is 0.335 e. The Hall–Kier alpha value is -2.41. The zero-order valence-corrected chi connectivity index (χ0v) is 11.5. The van der Waals surface area contributed by atoms with Gasteiger partial charge in [0.2, 0.25) is 5.91 Å². The average Bonchev–Trinajstić information content (AvgIpc) is 2.90. The zero-order valence-electron chi connectivity index (χ0n) is 11.5. The lowest BCUT2D eigenvalue weighted by Crippen LogP contribution is -2.51.